The second-order valence-corrected chi connectivity index (χ2v) is 15.4. The van der Waals surface area contributed by atoms with E-state index < -0.39 is 31.6 Å². The number of rotatable bonds is 12. The molecule has 1 N–H and O–H groups in total. The summed E-state index contributed by atoms with van der Waals surface area (Å²) in [5, 5.41) is 2.72. The molecule has 2 amide bonds. The van der Waals surface area contributed by atoms with Gasteiger partial charge in [-0.15, -0.1) is 0 Å². The summed E-state index contributed by atoms with van der Waals surface area (Å²) in [6.45, 7) is 6.32. The summed E-state index contributed by atoms with van der Waals surface area (Å²) in [6, 6.07) is 11.4. The van der Waals surface area contributed by atoms with Gasteiger partial charge in [-0.3, -0.25) is 9.10 Å². The van der Waals surface area contributed by atoms with Gasteiger partial charge in [0.25, 0.3) is 5.91 Å². The molecule has 1 aliphatic heterocycles. The van der Waals surface area contributed by atoms with E-state index in [0.717, 1.165) is 41.8 Å². The fourth-order valence-electron chi connectivity index (χ4n) is 4.61. The average Bonchev–Trinajstić information content (AvgIpc) is 3.31. The number of unbranched alkanes of at least 4 members (excludes halogenated alkanes) is 4. The van der Waals surface area contributed by atoms with Crippen molar-refractivity contribution in [2.75, 3.05) is 41.4 Å². The number of anilines is 2. The van der Waals surface area contributed by atoms with Crippen molar-refractivity contribution in [1.29, 1.82) is 0 Å². The zero-order valence-electron chi connectivity index (χ0n) is 24.5. The van der Waals surface area contributed by atoms with E-state index in [1.54, 1.807) is 41.3 Å². The highest BCUT2D eigenvalue weighted by Crippen LogP contribution is 2.33. The topological polar surface area (TPSA) is 130 Å². The van der Waals surface area contributed by atoms with Crippen LogP contribution in [0, 0.1) is 0 Å². The second kappa shape index (κ2) is 13.2. The Balaban J connectivity index is 1.54. The zero-order valence-corrected chi connectivity index (χ0v) is 26.1. The molecule has 0 unspecified atom stereocenters. The van der Waals surface area contributed by atoms with Crippen LogP contribution in [0.4, 0.5) is 16.2 Å². The number of sulfone groups is 1. The summed E-state index contributed by atoms with van der Waals surface area (Å²) in [5.74, 6) is -0.303. The van der Waals surface area contributed by atoms with Crippen molar-refractivity contribution >= 4 is 43.2 Å². The highest BCUT2D eigenvalue weighted by atomic mass is 32.2. The molecule has 226 valence electrons. The Morgan fingerprint density at radius 3 is 2.32 bits per heavy atom. The highest BCUT2D eigenvalue weighted by Gasteiger charge is 2.30. The maximum absolute atomic E-state index is 13.5. The van der Waals surface area contributed by atoms with Gasteiger partial charge in [-0.2, -0.15) is 0 Å². The molecule has 0 radical (unpaired) electrons. The number of nitrogens with one attached hydrogen (secondary N) is 1. The molecular weight excluding hydrogens is 566 g/mol. The minimum Gasteiger partial charge on any atom is -0.444 e. The van der Waals surface area contributed by atoms with Crippen LogP contribution in [0.15, 0.2) is 47.4 Å². The standard InChI is InChI=1S/C29H41N3O7S2/c1-29(2,3)39-28(34)30-18-11-7-6-8-12-20-41(37,38)23-15-16-25-22(21-23)17-19-32(25)27(33)24-13-9-10-14-26(24)31(4)40(5,35)36/h9-10,13-16,21H,6-8,11-12,17-20H2,1-5H3,(H,30,34). The lowest BCUT2D eigenvalue weighted by Gasteiger charge is -2.23. The van der Waals surface area contributed by atoms with Crippen molar-refractivity contribution in [3.8, 4) is 0 Å². The lowest BCUT2D eigenvalue weighted by Crippen LogP contribution is -2.32. The first-order chi connectivity index (χ1) is 19.1. The second-order valence-electron chi connectivity index (χ2n) is 11.3. The minimum atomic E-state index is -3.57. The molecule has 2 aromatic carbocycles. The van der Waals surface area contributed by atoms with Gasteiger partial charge in [0.1, 0.15) is 5.60 Å². The van der Waals surface area contributed by atoms with Crippen LogP contribution in [-0.2, 0) is 31.0 Å². The molecule has 1 heterocycles. The number of benzene rings is 2. The molecule has 0 aliphatic carbocycles. The maximum Gasteiger partial charge on any atom is 0.407 e. The number of hydrogen-bond donors (Lipinski definition) is 1. The Kier molecular flexibility index (Phi) is 10.5. The van der Waals surface area contributed by atoms with Gasteiger partial charge < -0.3 is 15.0 Å². The van der Waals surface area contributed by atoms with Gasteiger partial charge in [0, 0.05) is 25.8 Å². The molecule has 1 aliphatic rings. The van der Waals surface area contributed by atoms with Crippen LogP contribution in [0.5, 0.6) is 0 Å². The van der Waals surface area contributed by atoms with Gasteiger partial charge in [-0.1, -0.05) is 31.4 Å². The average molecular weight is 608 g/mol. The number of para-hydroxylation sites is 1. The Morgan fingerprint density at radius 2 is 1.63 bits per heavy atom. The summed E-state index contributed by atoms with van der Waals surface area (Å²) >= 11 is 0. The number of sulfonamides is 1. The van der Waals surface area contributed by atoms with Crippen molar-refractivity contribution < 1.29 is 31.2 Å². The van der Waals surface area contributed by atoms with Gasteiger partial charge in [-0.25, -0.2) is 21.6 Å². The van der Waals surface area contributed by atoms with Crippen molar-refractivity contribution in [2.45, 2.75) is 69.8 Å². The van der Waals surface area contributed by atoms with Crippen molar-refractivity contribution in [3.63, 3.8) is 0 Å². The van der Waals surface area contributed by atoms with E-state index >= 15 is 0 Å². The number of carbonyl (C=O) groups excluding carboxylic acids is 2. The number of ether oxygens (including phenoxy) is 1. The van der Waals surface area contributed by atoms with E-state index in [4.69, 9.17) is 4.74 Å². The summed E-state index contributed by atoms with van der Waals surface area (Å²) in [6.07, 6.45) is 4.98. The van der Waals surface area contributed by atoms with Crippen molar-refractivity contribution in [1.82, 2.24) is 5.32 Å². The highest BCUT2D eigenvalue weighted by molar-refractivity contribution is 7.92. The quantitative estimate of drug-likeness (QED) is 0.351. The molecule has 10 nitrogen and oxygen atoms in total. The Bertz CT molecular complexity index is 1470. The van der Waals surface area contributed by atoms with E-state index in [1.165, 1.54) is 13.1 Å². The minimum absolute atomic E-state index is 0.0375. The molecule has 3 rings (SSSR count). The lowest BCUT2D eigenvalue weighted by molar-refractivity contribution is 0.0526. The molecule has 12 heteroatoms. The van der Waals surface area contributed by atoms with Crippen LogP contribution in [0.25, 0.3) is 0 Å². The van der Waals surface area contributed by atoms with E-state index in [1.807, 2.05) is 20.8 Å². The molecular formula is C29H41N3O7S2. The van der Waals surface area contributed by atoms with E-state index in [0.29, 0.717) is 31.6 Å². The molecule has 0 spiro atoms. The molecule has 0 fully saturated rings. The van der Waals surface area contributed by atoms with Crippen LogP contribution in [0.2, 0.25) is 0 Å². The van der Waals surface area contributed by atoms with Crippen LogP contribution in [-0.4, -0.2) is 66.6 Å². The number of amides is 2. The van der Waals surface area contributed by atoms with E-state index in [2.05, 4.69) is 5.32 Å². The lowest BCUT2D eigenvalue weighted by atomic mass is 10.1. The number of alkyl carbamates (subject to hydrolysis) is 1. The predicted molar refractivity (Wildman–Crippen MR) is 161 cm³/mol. The first kappa shape index (κ1) is 32.4. The zero-order chi connectivity index (χ0) is 30.4. The van der Waals surface area contributed by atoms with Crippen LogP contribution >= 0.6 is 0 Å². The van der Waals surface area contributed by atoms with Gasteiger partial charge >= 0.3 is 6.09 Å². The summed E-state index contributed by atoms with van der Waals surface area (Å²) in [4.78, 5) is 26.9. The smallest absolute Gasteiger partial charge is 0.407 e. The first-order valence-corrected chi connectivity index (χ1v) is 17.3. The summed E-state index contributed by atoms with van der Waals surface area (Å²) in [7, 11) is -5.65. The molecule has 0 atom stereocenters. The van der Waals surface area contributed by atoms with Crippen LogP contribution in [0.1, 0.15) is 68.8 Å². The third-order valence-electron chi connectivity index (χ3n) is 6.78. The molecule has 0 saturated carbocycles. The largest absolute Gasteiger partial charge is 0.444 e. The maximum atomic E-state index is 13.5. The van der Waals surface area contributed by atoms with Gasteiger partial charge in [-0.05, 0) is 75.9 Å². The SMILES string of the molecule is CN(c1ccccc1C(=O)N1CCc2cc(S(=O)(=O)CCCCCCCNC(=O)OC(C)(C)C)ccc21)S(C)(=O)=O. The summed E-state index contributed by atoms with van der Waals surface area (Å²) < 4.78 is 56.5. The fourth-order valence-corrected chi connectivity index (χ4v) is 6.54. The molecule has 0 saturated heterocycles. The number of carbonyl (C=O) groups is 2. The summed E-state index contributed by atoms with van der Waals surface area (Å²) in [5.41, 5.74) is 1.41. The Morgan fingerprint density at radius 1 is 0.976 bits per heavy atom. The Hall–Kier alpha value is -3.12. The fraction of sp³-hybridized carbons (Fsp3) is 0.517. The predicted octanol–water partition coefficient (Wildman–Crippen LogP) is 4.53. The van der Waals surface area contributed by atoms with E-state index in [9.17, 15) is 26.4 Å². The third-order valence-corrected chi connectivity index (χ3v) is 9.77. The molecule has 0 bridgehead atoms. The van der Waals surface area contributed by atoms with Gasteiger partial charge in [0.2, 0.25) is 10.0 Å². The molecule has 2 aromatic rings. The van der Waals surface area contributed by atoms with Crippen LogP contribution < -0.4 is 14.5 Å². The Labute approximate surface area is 244 Å². The van der Waals surface area contributed by atoms with E-state index in [-0.39, 0.29) is 27.8 Å². The van der Waals surface area contributed by atoms with Crippen molar-refractivity contribution in [3.05, 3.63) is 53.6 Å². The van der Waals surface area contributed by atoms with Crippen molar-refractivity contribution in [2.24, 2.45) is 0 Å². The third kappa shape index (κ3) is 8.93. The van der Waals surface area contributed by atoms with Gasteiger partial charge in [0.15, 0.2) is 9.84 Å². The van der Waals surface area contributed by atoms with Gasteiger partial charge in [0.05, 0.1) is 28.2 Å². The normalized spacial score (nSPS) is 13.5. The number of hydrogen-bond acceptors (Lipinski definition) is 7. The monoisotopic (exact) mass is 607 g/mol. The number of fused-ring (bicyclic) bond motifs is 1. The number of nitrogens with zero attached hydrogens (tertiary/aromatic N) is 2. The molecule has 41 heavy (non-hydrogen) atoms. The molecule has 0 aromatic heterocycles. The first-order valence-electron chi connectivity index (χ1n) is 13.8. The van der Waals surface area contributed by atoms with Crippen LogP contribution in [0.3, 0.4) is 0 Å².